The fourth-order valence-corrected chi connectivity index (χ4v) is 6.66. The number of imidazole rings is 1. The van der Waals surface area contributed by atoms with E-state index in [9.17, 15) is 23.8 Å². The summed E-state index contributed by atoms with van der Waals surface area (Å²) in [7, 11) is -4.36. The predicted octanol–water partition coefficient (Wildman–Crippen LogP) is 3.89. The number of ether oxygens (including phenoxy) is 1. The summed E-state index contributed by atoms with van der Waals surface area (Å²) in [4.78, 5) is 60.9. The smallest absolute Gasteiger partial charge is 0.437 e. The molecule has 0 spiro atoms. The number of benzene rings is 1. The Kier molecular flexibility index (Phi) is 10.4. The Bertz CT molecular complexity index is 1520. The van der Waals surface area contributed by atoms with Crippen molar-refractivity contribution in [2.45, 2.75) is 58.8 Å². The van der Waals surface area contributed by atoms with Gasteiger partial charge in [0.15, 0.2) is 0 Å². The molecule has 3 N–H and O–H groups in total. The number of thiazole rings is 1. The van der Waals surface area contributed by atoms with Gasteiger partial charge in [-0.05, 0) is 23.5 Å². The van der Waals surface area contributed by atoms with Gasteiger partial charge in [0, 0.05) is 31.9 Å². The van der Waals surface area contributed by atoms with Crippen molar-refractivity contribution in [3.8, 4) is 10.4 Å². The van der Waals surface area contributed by atoms with Crippen LogP contribution in [0.15, 0.2) is 61.2 Å². The van der Waals surface area contributed by atoms with Crippen LogP contribution in [-0.2, 0) is 30.0 Å². The molecule has 1 aliphatic heterocycles. The minimum atomic E-state index is -4.36. The molecule has 3 aromatic rings. The van der Waals surface area contributed by atoms with Crippen LogP contribution in [-0.4, -0.2) is 73.3 Å². The van der Waals surface area contributed by atoms with Gasteiger partial charge in [-0.3, -0.25) is 14.1 Å². The minimum Gasteiger partial charge on any atom is -0.445 e. The summed E-state index contributed by atoms with van der Waals surface area (Å²) in [6.07, 6.45) is 3.36. The lowest BCUT2D eigenvalue weighted by Gasteiger charge is -2.35. The van der Waals surface area contributed by atoms with E-state index in [1.54, 1.807) is 37.6 Å². The van der Waals surface area contributed by atoms with Gasteiger partial charge in [-0.25, -0.2) is 23.7 Å². The van der Waals surface area contributed by atoms with Crippen molar-refractivity contribution >= 4 is 37.0 Å². The first-order chi connectivity index (χ1) is 20.8. The molecular formula is C29H37N6O7PS. The van der Waals surface area contributed by atoms with E-state index in [1.165, 1.54) is 23.4 Å². The molecule has 0 bridgehead atoms. The first-order valence-electron chi connectivity index (χ1n) is 13.9. The van der Waals surface area contributed by atoms with Gasteiger partial charge in [0.05, 0.1) is 22.2 Å². The van der Waals surface area contributed by atoms with Gasteiger partial charge in [0.1, 0.15) is 25.0 Å². The highest BCUT2D eigenvalue weighted by molar-refractivity contribution is 7.51. The van der Waals surface area contributed by atoms with E-state index in [2.05, 4.69) is 27.2 Å². The maximum absolute atomic E-state index is 14.0. The van der Waals surface area contributed by atoms with Crippen LogP contribution in [0.4, 0.5) is 4.79 Å². The molecule has 1 saturated heterocycles. The number of amides is 3. The number of hydrogen-bond acceptors (Lipinski definition) is 9. The van der Waals surface area contributed by atoms with Crippen LogP contribution in [0.2, 0.25) is 0 Å². The topological polar surface area (TPSA) is 165 Å². The summed E-state index contributed by atoms with van der Waals surface area (Å²) >= 11 is 1.55. The largest absolute Gasteiger partial charge is 0.445 e. The van der Waals surface area contributed by atoms with Crippen molar-refractivity contribution in [2.75, 3.05) is 13.2 Å². The molecule has 44 heavy (non-hydrogen) atoms. The number of aromatic nitrogens is 3. The van der Waals surface area contributed by atoms with Crippen LogP contribution in [0.5, 0.6) is 0 Å². The molecule has 1 aromatic carbocycles. The van der Waals surface area contributed by atoms with Crippen LogP contribution in [0, 0.1) is 12.3 Å². The standard InChI is InChI=1S/C29H37N6O7PS/c1-6-13-41-28(38)33-25(29(3,4)5)27(37)35-16-22(42-43(39,40)34-12-11-30-17-34)14-23(35)26(36)31-15-20-7-9-21(10-8-20)24-19(2)32-18-44-24/h6-12,17-18,22-23,25H,1,13-16H2,2-5H3,(H,31,36)(H,33,38)(H,39,40)/t22-,23+,25-/m1/s1. The van der Waals surface area contributed by atoms with Crippen molar-refractivity contribution in [1.82, 2.24) is 29.8 Å². The van der Waals surface area contributed by atoms with Crippen LogP contribution in [0.3, 0.4) is 0 Å². The van der Waals surface area contributed by atoms with E-state index in [1.807, 2.05) is 31.2 Å². The van der Waals surface area contributed by atoms with Gasteiger partial charge >= 0.3 is 13.8 Å². The summed E-state index contributed by atoms with van der Waals surface area (Å²) < 4.78 is 24.5. The predicted molar refractivity (Wildman–Crippen MR) is 164 cm³/mol. The van der Waals surface area contributed by atoms with E-state index >= 15 is 0 Å². The Balaban J connectivity index is 1.52. The van der Waals surface area contributed by atoms with Crippen LogP contribution in [0.1, 0.15) is 38.4 Å². The summed E-state index contributed by atoms with van der Waals surface area (Å²) in [6, 6.07) is 5.60. The van der Waals surface area contributed by atoms with Crippen LogP contribution >= 0.6 is 19.1 Å². The third-order valence-corrected chi connectivity index (χ3v) is 9.42. The summed E-state index contributed by atoms with van der Waals surface area (Å²) in [5.41, 5.74) is 3.82. The summed E-state index contributed by atoms with van der Waals surface area (Å²) in [5, 5.41) is 5.48. The molecule has 3 amide bonds. The Labute approximate surface area is 259 Å². The SMILES string of the molecule is C=CCOC(=O)N[C@H](C(=O)N1C[C@H](OP(=O)(O)n2ccnc2)C[C@H]1C(=O)NCc1ccc(-c2scnc2C)cc1)C(C)(C)C. The first-order valence-corrected chi connectivity index (χ1v) is 16.3. The molecule has 0 saturated carbocycles. The molecule has 3 heterocycles. The Morgan fingerprint density at radius 3 is 2.59 bits per heavy atom. The molecule has 13 nitrogen and oxygen atoms in total. The van der Waals surface area contributed by atoms with Gasteiger partial charge in [0.25, 0.3) is 0 Å². The van der Waals surface area contributed by atoms with Crippen molar-refractivity contribution in [2.24, 2.45) is 5.41 Å². The number of hydrogen-bond donors (Lipinski definition) is 3. The van der Waals surface area contributed by atoms with Crippen molar-refractivity contribution in [3.63, 3.8) is 0 Å². The second-order valence-corrected chi connectivity index (χ2v) is 13.9. The van der Waals surface area contributed by atoms with Gasteiger partial charge < -0.3 is 25.2 Å². The molecular weight excluding hydrogens is 607 g/mol. The lowest BCUT2D eigenvalue weighted by molar-refractivity contribution is -0.142. The van der Waals surface area contributed by atoms with Gasteiger partial charge in [-0.1, -0.05) is 57.7 Å². The van der Waals surface area contributed by atoms with Crippen molar-refractivity contribution in [3.05, 3.63) is 72.4 Å². The quantitative estimate of drug-likeness (QED) is 0.207. The monoisotopic (exact) mass is 644 g/mol. The highest BCUT2D eigenvalue weighted by Crippen LogP contribution is 2.46. The molecule has 4 atom stereocenters. The maximum atomic E-state index is 14.0. The second-order valence-electron chi connectivity index (χ2n) is 11.4. The number of likely N-dealkylation sites (tertiary alicyclic amines) is 1. The zero-order valence-corrected chi connectivity index (χ0v) is 26.7. The zero-order chi connectivity index (χ0) is 32.1. The fourth-order valence-electron chi connectivity index (χ4n) is 4.78. The second kappa shape index (κ2) is 13.9. The van der Waals surface area contributed by atoms with Crippen molar-refractivity contribution in [1.29, 1.82) is 0 Å². The molecule has 4 rings (SSSR count). The fraction of sp³-hybridized carbons (Fsp3) is 0.414. The number of aryl methyl sites for hydroxylation is 1. The molecule has 1 unspecified atom stereocenters. The maximum Gasteiger partial charge on any atom is 0.437 e. The molecule has 0 aliphatic carbocycles. The normalized spacial score (nSPS) is 18.7. The average Bonchev–Trinajstić information content (AvgIpc) is 3.74. The highest BCUT2D eigenvalue weighted by Gasteiger charge is 2.47. The lowest BCUT2D eigenvalue weighted by Crippen LogP contribution is -2.57. The zero-order valence-electron chi connectivity index (χ0n) is 25.0. The van der Waals surface area contributed by atoms with E-state index in [0.29, 0.717) is 0 Å². The number of alkyl carbamates (subject to hydrolysis) is 1. The van der Waals surface area contributed by atoms with E-state index < -0.39 is 49.3 Å². The number of nitrogens with zero attached hydrogens (tertiary/aromatic N) is 4. The molecule has 1 fully saturated rings. The number of nitrogens with one attached hydrogen (secondary N) is 2. The Morgan fingerprint density at radius 2 is 2.00 bits per heavy atom. The van der Waals surface area contributed by atoms with Crippen LogP contribution in [0.25, 0.3) is 10.4 Å². The molecule has 2 aromatic heterocycles. The van der Waals surface area contributed by atoms with E-state index in [-0.39, 0.29) is 26.1 Å². The number of carbonyl (C=O) groups is 3. The van der Waals surface area contributed by atoms with Gasteiger partial charge in [-0.2, -0.15) is 0 Å². The molecule has 1 aliphatic rings. The molecule has 236 valence electrons. The van der Waals surface area contributed by atoms with Crippen LogP contribution < -0.4 is 10.6 Å². The summed E-state index contributed by atoms with van der Waals surface area (Å²) in [5.74, 6) is -1.02. The highest BCUT2D eigenvalue weighted by atomic mass is 32.1. The molecule has 15 heteroatoms. The Morgan fingerprint density at radius 1 is 1.27 bits per heavy atom. The summed E-state index contributed by atoms with van der Waals surface area (Å²) in [6.45, 7) is 10.7. The van der Waals surface area contributed by atoms with Crippen molar-refractivity contribution < 1.29 is 33.1 Å². The minimum absolute atomic E-state index is 0.0435. The van der Waals surface area contributed by atoms with E-state index in [4.69, 9.17) is 9.26 Å². The van der Waals surface area contributed by atoms with E-state index in [0.717, 1.165) is 32.4 Å². The Hall–Kier alpha value is -3.84. The number of rotatable bonds is 11. The lowest BCUT2D eigenvalue weighted by atomic mass is 9.85. The molecule has 0 radical (unpaired) electrons. The third-order valence-electron chi connectivity index (χ3n) is 7.05. The first kappa shape index (κ1) is 33.1. The number of carbonyl (C=O) groups excluding carboxylic acids is 3. The van der Waals surface area contributed by atoms with Gasteiger partial charge in [0.2, 0.25) is 11.8 Å². The average molecular weight is 645 g/mol. The van der Waals surface area contributed by atoms with Gasteiger partial charge in [-0.15, -0.1) is 11.3 Å². The third kappa shape index (κ3) is 8.00.